The molecule has 0 aliphatic rings. The number of amides is 1. The molecule has 0 saturated heterocycles. The highest BCUT2D eigenvalue weighted by atomic mass is 16.2. The Hall–Kier alpha value is -1.35. The van der Waals surface area contributed by atoms with Crippen molar-refractivity contribution in [2.75, 3.05) is 0 Å². The average molecular weight is 248 g/mol. The average Bonchev–Trinajstić information content (AvgIpc) is 2.34. The molecule has 3 heteroatoms. The summed E-state index contributed by atoms with van der Waals surface area (Å²) in [7, 11) is 0. The monoisotopic (exact) mass is 248 g/mol. The van der Waals surface area contributed by atoms with Gasteiger partial charge in [-0.2, -0.15) is 0 Å². The number of hydrogen-bond donors (Lipinski definition) is 2. The molecule has 18 heavy (non-hydrogen) atoms. The van der Waals surface area contributed by atoms with Gasteiger partial charge in [0.1, 0.15) is 0 Å². The number of nitrogens with one attached hydrogen (secondary N) is 1. The summed E-state index contributed by atoms with van der Waals surface area (Å²) in [6, 6.07) is 9.52. The zero-order valence-electron chi connectivity index (χ0n) is 11.7. The van der Waals surface area contributed by atoms with E-state index in [0.29, 0.717) is 0 Å². The van der Waals surface area contributed by atoms with E-state index in [1.165, 1.54) is 0 Å². The molecule has 1 aromatic carbocycles. The van der Waals surface area contributed by atoms with Gasteiger partial charge in [-0.25, -0.2) is 0 Å². The molecule has 0 heterocycles. The maximum atomic E-state index is 12.1. The highest BCUT2D eigenvalue weighted by Crippen LogP contribution is 2.20. The molecular formula is C15H24N2O. The fourth-order valence-corrected chi connectivity index (χ4v) is 1.76. The van der Waals surface area contributed by atoms with E-state index in [2.05, 4.69) is 12.2 Å². The van der Waals surface area contributed by atoms with Crippen LogP contribution < -0.4 is 11.1 Å². The van der Waals surface area contributed by atoms with E-state index >= 15 is 0 Å². The second-order valence-corrected chi connectivity index (χ2v) is 5.72. The largest absolute Gasteiger partial charge is 0.348 e. The molecule has 2 atom stereocenters. The number of nitrogens with two attached hydrogens (primary N) is 1. The minimum absolute atomic E-state index is 0.0344. The molecule has 1 rings (SSSR count). The van der Waals surface area contributed by atoms with Crippen LogP contribution in [-0.4, -0.2) is 11.9 Å². The Morgan fingerprint density at radius 3 is 2.28 bits per heavy atom. The third kappa shape index (κ3) is 3.84. The molecule has 0 saturated carbocycles. The molecule has 1 unspecified atom stereocenters. The first kappa shape index (κ1) is 14.7. The summed E-state index contributed by atoms with van der Waals surface area (Å²) >= 11 is 0. The lowest BCUT2D eigenvalue weighted by molar-refractivity contribution is -0.125. The minimum Gasteiger partial charge on any atom is -0.348 e. The van der Waals surface area contributed by atoms with Crippen LogP contribution in [0.2, 0.25) is 0 Å². The molecule has 100 valence electrons. The van der Waals surface area contributed by atoms with Crippen molar-refractivity contribution in [3.63, 3.8) is 0 Å². The van der Waals surface area contributed by atoms with Gasteiger partial charge in [0.05, 0.1) is 12.1 Å². The third-order valence-electron chi connectivity index (χ3n) is 3.14. The topological polar surface area (TPSA) is 55.1 Å². The summed E-state index contributed by atoms with van der Waals surface area (Å²) < 4.78 is 0. The Balaban J connectivity index is 2.73. The van der Waals surface area contributed by atoms with Crippen molar-refractivity contribution in [3.05, 3.63) is 35.9 Å². The predicted molar refractivity (Wildman–Crippen MR) is 75.0 cm³/mol. The molecule has 0 spiro atoms. The van der Waals surface area contributed by atoms with Gasteiger partial charge < -0.3 is 11.1 Å². The Morgan fingerprint density at radius 1 is 1.28 bits per heavy atom. The van der Waals surface area contributed by atoms with Crippen LogP contribution in [0.5, 0.6) is 0 Å². The Labute approximate surface area is 110 Å². The van der Waals surface area contributed by atoms with Gasteiger partial charge in [0.2, 0.25) is 5.91 Å². The van der Waals surface area contributed by atoms with Crippen LogP contribution in [0.25, 0.3) is 0 Å². The van der Waals surface area contributed by atoms with Gasteiger partial charge in [-0.3, -0.25) is 4.79 Å². The summed E-state index contributed by atoms with van der Waals surface area (Å²) in [6.45, 7) is 7.97. The van der Waals surface area contributed by atoms with Gasteiger partial charge in [0.25, 0.3) is 0 Å². The van der Waals surface area contributed by atoms with E-state index in [9.17, 15) is 4.79 Å². The van der Waals surface area contributed by atoms with E-state index in [-0.39, 0.29) is 17.4 Å². The van der Waals surface area contributed by atoms with E-state index in [1.54, 1.807) is 0 Å². The minimum atomic E-state index is -0.490. The molecule has 0 fully saturated rings. The van der Waals surface area contributed by atoms with Crippen molar-refractivity contribution >= 4 is 5.91 Å². The van der Waals surface area contributed by atoms with E-state index < -0.39 is 6.04 Å². The second kappa shape index (κ2) is 6.01. The number of benzene rings is 1. The zero-order chi connectivity index (χ0) is 13.8. The lowest BCUT2D eigenvalue weighted by Crippen LogP contribution is -2.49. The van der Waals surface area contributed by atoms with E-state index in [4.69, 9.17) is 5.73 Å². The molecule has 1 aromatic rings. The summed E-state index contributed by atoms with van der Waals surface area (Å²) in [4.78, 5) is 12.1. The normalized spacial score (nSPS) is 14.9. The van der Waals surface area contributed by atoms with E-state index in [0.717, 1.165) is 12.0 Å². The molecule has 3 nitrogen and oxygen atoms in total. The lowest BCUT2D eigenvalue weighted by atomic mass is 9.86. The fraction of sp³-hybridized carbons (Fsp3) is 0.533. The summed E-state index contributed by atoms with van der Waals surface area (Å²) in [5.41, 5.74) is 6.86. The zero-order valence-corrected chi connectivity index (χ0v) is 11.7. The maximum Gasteiger partial charge on any atom is 0.237 e. The summed E-state index contributed by atoms with van der Waals surface area (Å²) in [5.74, 6) is -0.0850. The smallest absolute Gasteiger partial charge is 0.237 e. The molecule has 0 bridgehead atoms. The molecule has 0 aromatic heterocycles. The van der Waals surface area contributed by atoms with Crippen molar-refractivity contribution in [2.45, 2.75) is 46.2 Å². The van der Waals surface area contributed by atoms with Crippen molar-refractivity contribution in [3.8, 4) is 0 Å². The van der Waals surface area contributed by atoms with Gasteiger partial charge in [0.15, 0.2) is 0 Å². The van der Waals surface area contributed by atoms with Crippen LogP contribution in [0.3, 0.4) is 0 Å². The lowest BCUT2D eigenvalue weighted by Gasteiger charge is -2.28. The summed E-state index contributed by atoms with van der Waals surface area (Å²) in [5, 5.41) is 3.03. The first-order valence-corrected chi connectivity index (χ1v) is 6.47. The van der Waals surface area contributed by atoms with Crippen LogP contribution in [0.15, 0.2) is 30.3 Å². The maximum absolute atomic E-state index is 12.1. The highest BCUT2D eigenvalue weighted by molar-refractivity contribution is 5.82. The van der Waals surface area contributed by atoms with Crippen LogP contribution in [0, 0.1) is 5.41 Å². The molecular weight excluding hydrogens is 224 g/mol. The first-order valence-electron chi connectivity index (χ1n) is 6.47. The Morgan fingerprint density at radius 2 is 1.83 bits per heavy atom. The standard InChI is InChI=1S/C15H24N2O/c1-5-12(11-9-7-6-8-10-11)17-14(18)13(16)15(2,3)4/h6-10,12-13H,5,16H2,1-4H3,(H,17,18)/t12?,13-/m0/s1. The molecule has 0 radical (unpaired) electrons. The van der Waals surface area contributed by atoms with Crippen molar-refractivity contribution < 1.29 is 4.79 Å². The quantitative estimate of drug-likeness (QED) is 0.860. The SMILES string of the molecule is CCC(NC(=O)[C@H](N)C(C)(C)C)c1ccccc1. The summed E-state index contributed by atoms with van der Waals surface area (Å²) in [6.07, 6.45) is 0.854. The van der Waals surface area contributed by atoms with Crippen LogP contribution in [0.1, 0.15) is 45.7 Å². The fourth-order valence-electron chi connectivity index (χ4n) is 1.76. The number of rotatable bonds is 4. The van der Waals surface area contributed by atoms with Crippen LogP contribution in [-0.2, 0) is 4.79 Å². The first-order chi connectivity index (χ1) is 8.36. The van der Waals surface area contributed by atoms with Crippen LogP contribution >= 0.6 is 0 Å². The molecule has 0 aliphatic carbocycles. The van der Waals surface area contributed by atoms with Crippen molar-refractivity contribution in [1.82, 2.24) is 5.32 Å². The Bertz CT molecular complexity index is 381. The number of carbonyl (C=O) groups excluding carboxylic acids is 1. The van der Waals surface area contributed by atoms with E-state index in [1.807, 2.05) is 51.1 Å². The van der Waals surface area contributed by atoms with Gasteiger partial charge in [0, 0.05) is 0 Å². The Kier molecular flexibility index (Phi) is 4.91. The molecule has 3 N–H and O–H groups in total. The van der Waals surface area contributed by atoms with Crippen LogP contribution in [0.4, 0.5) is 0 Å². The second-order valence-electron chi connectivity index (χ2n) is 5.72. The molecule has 1 amide bonds. The third-order valence-corrected chi connectivity index (χ3v) is 3.14. The van der Waals surface area contributed by atoms with Crippen molar-refractivity contribution in [2.24, 2.45) is 11.1 Å². The van der Waals surface area contributed by atoms with Gasteiger partial charge in [-0.15, -0.1) is 0 Å². The number of carbonyl (C=O) groups is 1. The number of hydrogen-bond acceptors (Lipinski definition) is 2. The van der Waals surface area contributed by atoms with Crippen molar-refractivity contribution in [1.29, 1.82) is 0 Å². The van der Waals surface area contributed by atoms with Gasteiger partial charge in [-0.1, -0.05) is 58.0 Å². The molecule has 0 aliphatic heterocycles. The van der Waals surface area contributed by atoms with Gasteiger partial charge in [-0.05, 0) is 17.4 Å². The predicted octanol–water partition coefficient (Wildman–Crippen LogP) is 2.63. The van der Waals surface area contributed by atoms with Gasteiger partial charge >= 0.3 is 0 Å². The highest BCUT2D eigenvalue weighted by Gasteiger charge is 2.28.